The van der Waals surface area contributed by atoms with Gasteiger partial charge >= 0.3 is 5.97 Å². The summed E-state index contributed by atoms with van der Waals surface area (Å²) in [5.41, 5.74) is 0.839. The Labute approximate surface area is 137 Å². The molecule has 0 saturated heterocycles. The number of benzene rings is 1. The molecule has 9 heteroatoms. The first-order valence-corrected chi connectivity index (χ1v) is 9.50. The Kier molecular flexibility index (Phi) is 4.55. The van der Waals surface area contributed by atoms with E-state index in [1.165, 1.54) is 28.6 Å². The number of carbonyl (C=O) groups is 1. The third-order valence-corrected chi connectivity index (χ3v) is 5.52. The van der Waals surface area contributed by atoms with Gasteiger partial charge in [-0.25, -0.2) is 13.2 Å². The van der Waals surface area contributed by atoms with Gasteiger partial charge in [0.2, 0.25) is 0 Å². The normalized spacial score (nSPS) is 11.6. The number of aryl methyl sites for hydroxylation is 1. The van der Waals surface area contributed by atoms with Crippen molar-refractivity contribution >= 4 is 39.2 Å². The number of aromatic nitrogens is 2. The summed E-state index contributed by atoms with van der Waals surface area (Å²) < 4.78 is 25.3. The number of carboxylic acid groups (broad SMARTS) is 1. The minimum Gasteiger partial charge on any atom is -0.476 e. The molecule has 0 aliphatic carbocycles. The van der Waals surface area contributed by atoms with Crippen molar-refractivity contribution in [1.29, 1.82) is 0 Å². The van der Waals surface area contributed by atoms with Crippen molar-refractivity contribution in [3.63, 3.8) is 0 Å². The number of rotatable bonds is 4. The number of thioether (sulfide) groups is 1. The van der Waals surface area contributed by atoms with Crippen molar-refractivity contribution < 1.29 is 18.3 Å². The summed E-state index contributed by atoms with van der Waals surface area (Å²) in [6.45, 7) is 0. The molecule has 0 unspecified atom stereocenters. The molecule has 0 saturated carbocycles. The summed E-state index contributed by atoms with van der Waals surface area (Å²) in [6.07, 6.45) is 2.84. The van der Waals surface area contributed by atoms with Crippen LogP contribution in [0.2, 0.25) is 5.02 Å². The van der Waals surface area contributed by atoms with Crippen molar-refractivity contribution in [2.45, 2.75) is 9.79 Å². The van der Waals surface area contributed by atoms with E-state index in [2.05, 4.69) is 5.10 Å². The number of hydrogen-bond donors (Lipinski definition) is 1. The van der Waals surface area contributed by atoms with Gasteiger partial charge in [0.1, 0.15) is 0 Å². The van der Waals surface area contributed by atoms with E-state index in [4.69, 9.17) is 16.7 Å². The first-order valence-electron chi connectivity index (χ1n) is 6.00. The Morgan fingerprint density at radius 3 is 2.45 bits per heavy atom. The summed E-state index contributed by atoms with van der Waals surface area (Å²) >= 11 is 7.42. The van der Waals surface area contributed by atoms with Gasteiger partial charge in [-0.1, -0.05) is 11.6 Å². The first-order chi connectivity index (χ1) is 10.1. The topological polar surface area (TPSA) is 89.3 Å². The van der Waals surface area contributed by atoms with Gasteiger partial charge in [-0.2, -0.15) is 5.10 Å². The van der Waals surface area contributed by atoms with Crippen molar-refractivity contribution in [2.75, 3.05) is 12.5 Å². The van der Waals surface area contributed by atoms with E-state index in [1.807, 2.05) is 0 Å². The molecule has 1 aromatic carbocycles. The lowest BCUT2D eigenvalue weighted by Crippen LogP contribution is -2.02. The monoisotopic (exact) mass is 360 g/mol. The summed E-state index contributed by atoms with van der Waals surface area (Å²) in [7, 11) is -1.89. The third-order valence-electron chi connectivity index (χ3n) is 3.01. The minimum atomic E-state index is -3.47. The Balaban J connectivity index is 2.73. The zero-order chi connectivity index (χ0) is 16.7. The Bertz CT molecular complexity index is 859. The summed E-state index contributed by atoms with van der Waals surface area (Å²) in [6, 6.07) is 4.46. The van der Waals surface area contributed by atoms with E-state index >= 15 is 0 Å². The maximum absolute atomic E-state index is 12.0. The maximum atomic E-state index is 12.0. The van der Waals surface area contributed by atoms with E-state index in [0.29, 0.717) is 21.2 Å². The maximum Gasteiger partial charge on any atom is 0.356 e. The van der Waals surface area contributed by atoms with Crippen LogP contribution < -0.4 is 0 Å². The molecule has 0 radical (unpaired) electrons. The van der Waals surface area contributed by atoms with Crippen LogP contribution >= 0.6 is 23.4 Å². The van der Waals surface area contributed by atoms with Crippen LogP contribution in [0.1, 0.15) is 10.5 Å². The SMILES string of the molecule is CSc1c(Cl)cc(-c2cc(C(=O)O)nn2C)cc1S(C)(=O)=O. The van der Waals surface area contributed by atoms with Crippen molar-refractivity contribution in [2.24, 2.45) is 7.05 Å². The largest absolute Gasteiger partial charge is 0.476 e. The molecule has 0 aliphatic heterocycles. The molecule has 118 valence electrons. The molecular formula is C13H13ClN2O4S2. The van der Waals surface area contributed by atoms with E-state index < -0.39 is 15.8 Å². The molecule has 2 aromatic rings. The quantitative estimate of drug-likeness (QED) is 0.843. The molecule has 1 aromatic heterocycles. The highest BCUT2D eigenvalue weighted by Gasteiger charge is 2.20. The lowest BCUT2D eigenvalue weighted by Gasteiger charge is -2.11. The second kappa shape index (κ2) is 5.94. The molecule has 0 bridgehead atoms. The molecule has 22 heavy (non-hydrogen) atoms. The Hall–Kier alpha value is -1.51. The van der Waals surface area contributed by atoms with E-state index in [-0.39, 0.29) is 10.6 Å². The fraction of sp³-hybridized carbons (Fsp3) is 0.231. The minimum absolute atomic E-state index is 0.112. The van der Waals surface area contributed by atoms with Gasteiger partial charge in [-0.3, -0.25) is 4.68 Å². The summed E-state index contributed by atoms with van der Waals surface area (Å²) in [5, 5.41) is 13.2. The summed E-state index contributed by atoms with van der Waals surface area (Å²) in [5.74, 6) is -1.16. The lowest BCUT2D eigenvalue weighted by molar-refractivity contribution is 0.0689. The predicted octanol–water partition coefficient (Wildman–Crippen LogP) is 2.56. The highest BCUT2D eigenvalue weighted by atomic mass is 35.5. The number of carboxylic acids is 1. The molecular weight excluding hydrogens is 348 g/mol. The van der Waals surface area contributed by atoms with E-state index in [1.54, 1.807) is 19.4 Å². The number of halogens is 1. The first kappa shape index (κ1) is 16.9. The van der Waals surface area contributed by atoms with Crippen LogP contribution in [-0.4, -0.2) is 41.8 Å². The van der Waals surface area contributed by atoms with Crippen molar-refractivity contribution in [3.8, 4) is 11.3 Å². The van der Waals surface area contributed by atoms with Gasteiger partial charge in [0.15, 0.2) is 15.5 Å². The van der Waals surface area contributed by atoms with Crippen LogP contribution in [-0.2, 0) is 16.9 Å². The number of hydrogen-bond acceptors (Lipinski definition) is 5. The average molecular weight is 361 g/mol. The second-order valence-corrected chi connectivity index (χ2v) is 7.81. The molecule has 1 N–H and O–H groups in total. The number of nitrogens with zero attached hydrogens (tertiary/aromatic N) is 2. The van der Waals surface area contributed by atoms with Gasteiger partial charge in [0.05, 0.1) is 15.6 Å². The van der Waals surface area contributed by atoms with Crippen LogP contribution in [0.25, 0.3) is 11.3 Å². The van der Waals surface area contributed by atoms with Crippen molar-refractivity contribution in [3.05, 3.63) is 28.9 Å². The van der Waals surface area contributed by atoms with Crippen LogP contribution in [0.5, 0.6) is 0 Å². The number of aromatic carboxylic acids is 1. The third kappa shape index (κ3) is 3.13. The summed E-state index contributed by atoms with van der Waals surface area (Å²) in [4.78, 5) is 11.6. The standard InChI is InChI=1S/C13H13ClN2O4S2/c1-16-10(6-9(15-16)13(17)18)7-4-8(14)12(21-2)11(5-7)22(3,19)20/h4-6H,1-3H3,(H,17,18). The van der Waals surface area contributed by atoms with Crippen LogP contribution in [0, 0.1) is 0 Å². The zero-order valence-corrected chi connectivity index (χ0v) is 14.4. The van der Waals surface area contributed by atoms with E-state index in [0.717, 1.165) is 6.26 Å². The van der Waals surface area contributed by atoms with Crippen LogP contribution in [0.3, 0.4) is 0 Å². The molecule has 6 nitrogen and oxygen atoms in total. The predicted molar refractivity (Wildman–Crippen MR) is 85.5 cm³/mol. The highest BCUT2D eigenvalue weighted by Crippen LogP contribution is 2.36. The molecule has 1 heterocycles. The lowest BCUT2D eigenvalue weighted by atomic mass is 10.1. The highest BCUT2D eigenvalue weighted by molar-refractivity contribution is 7.99. The van der Waals surface area contributed by atoms with Crippen molar-refractivity contribution in [1.82, 2.24) is 9.78 Å². The fourth-order valence-electron chi connectivity index (χ4n) is 2.03. The fourth-order valence-corrected chi connectivity index (χ4v) is 4.54. The van der Waals surface area contributed by atoms with Gasteiger partial charge in [-0.05, 0) is 24.5 Å². The Morgan fingerprint density at radius 2 is 2.00 bits per heavy atom. The van der Waals surface area contributed by atoms with Crippen LogP contribution in [0.4, 0.5) is 0 Å². The molecule has 0 fully saturated rings. The van der Waals surface area contributed by atoms with Gasteiger partial charge in [-0.15, -0.1) is 11.8 Å². The smallest absolute Gasteiger partial charge is 0.356 e. The zero-order valence-electron chi connectivity index (χ0n) is 12.0. The molecule has 0 amide bonds. The van der Waals surface area contributed by atoms with Gasteiger partial charge < -0.3 is 5.11 Å². The van der Waals surface area contributed by atoms with Crippen LogP contribution in [0.15, 0.2) is 28.0 Å². The molecule has 0 atom stereocenters. The molecule has 0 aliphatic rings. The van der Waals surface area contributed by atoms with Gasteiger partial charge in [0, 0.05) is 23.8 Å². The number of sulfone groups is 1. The second-order valence-electron chi connectivity index (χ2n) is 4.61. The molecule has 2 rings (SSSR count). The molecule has 0 spiro atoms. The average Bonchev–Trinajstić information content (AvgIpc) is 2.79. The van der Waals surface area contributed by atoms with Gasteiger partial charge in [0.25, 0.3) is 0 Å². The Morgan fingerprint density at radius 1 is 1.36 bits per heavy atom. The van der Waals surface area contributed by atoms with E-state index in [9.17, 15) is 13.2 Å².